The number of carbonyl (C=O) groups excluding carboxylic acids is 2. The van der Waals surface area contributed by atoms with Crippen molar-refractivity contribution in [2.75, 3.05) is 5.75 Å². The van der Waals surface area contributed by atoms with E-state index in [0.29, 0.717) is 0 Å². The quantitative estimate of drug-likeness (QED) is 0.364. The van der Waals surface area contributed by atoms with E-state index in [1.807, 2.05) is 0 Å². The molecule has 152 valence electrons. The number of benzene rings is 1. The van der Waals surface area contributed by atoms with Crippen molar-refractivity contribution in [3.8, 4) is 0 Å². The van der Waals surface area contributed by atoms with E-state index in [0.717, 1.165) is 40.6 Å². The summed E-state index contributed by atoms with van der Waals surface area (Å²) in [6.07, 6.45) is -3.84. The van der Waals surface area contributed by atoms with Gasteiger partial charge in [0.25, 0.3) is 5.91 Å². The second-order valence-electron chi connectivity index (χ2n) is 5.55. The fourth-order valence-corrected chi connectivity index (χ4v) is 3.11. The molecule has 7 nitrogen and oxygen atoms in total. The molecule has 0 saturated carbocycles. The van der Waals surface area contributed by atoms with Crippen LogP contribution >= 0.6 is 23.4 Å². The van der Waals surface area contributed by atoms with Gasteiger partial charge >= 0.3 is 6.18 Å². The zero-order chi connectivity index (χ0) is 21.2. The Hall–Kier alpha value is -2.86. The summed E-state index contributed by atoms with van der Waals surface area (Å²) in [5, 5.41) is 7.19. The molecular formula is C16H10ClF4N5O2S. The molecule has 2 N–H and O–H groups in total. The van der Waals surface area contributed by atoms with Crippen LogP contribution < -0.4 is 10.9 Å². The summed E-state index contributed by atoms with van der Waals surface area (Å²) in [6.45, 7) is 0. The van der Waals surface area contributed by atoms with Crippen molar-refractivity contribution in [3.63, 3.8) is 0 Å². The highest BCUT2D eigenvalue weighted by Gasteiger charge is 2.32. The van der Waals surface area contributed by atoms with Gasteiger partial charge in [-0.3, -0.25) is 24.8 Å². The van der Waals surface area contributed by atoms with Gasteiger partial charge in [0, 0.05) is 11.8 Å². The van der Waals surface area contributed by atoms with Gasteiger partial charge in [-0.25, -0.2) is 4.39 Å². The number of nitrogens with zero attached hydrogens (tertiary/aromatic N) is 3. The fourth-order valence-electron chi connectivity index (χ4n) is 2.15. The molecule has 2 heterocycles. The predicted octanol–water partition coefficient (Wildman–Crippen LogP) is 3.09. The van der Waals surface area contributed by atoms with E-state index in [2.05, 4.69) is 21.0 Å². The molecule has 0 aliphatic heterocycles. The number of alkyl halides is 3. The van der Waals surface area contributed by atoms with Crippen LogP contribution in [0.25, 0.3) is 5.65 Å². The zero-order valence-electron chi connectivity index (χ0n) is 14.1. The van der Waals surface area contributed by atoms with Crippen molar-refractivity contribution >= 4 is 40.8 Å². The van der Waals surface area contributed by atoms with Crippen LogP contribution in [0.2, 0.25) is 5.02 Å². The van der Waals surface area contributed by atoms with Gasteiger partial charge in [0.05, 0.1) is 16.3 Å². The average Bonchev–Trinajstić information content (AvgIpc) is 3.08. The third kappa shape index (κ3) is 4.95. The molecule has 1 aromatic carbocycles. The van der Waals surface area contributed by atoms with Crippen LogP contribution in [0.5, 0.6) is 0 Å². The molecule has 3 aromatic rings. The molecule has 0 fully saturated rings. The van der Waals surface area contributed by atoms with Crippen molar-refractivity contribution in [1.82, 2.24) is 25.4 Å². The standard InChI is InChI=1S/C16H10ClF4N5O2S/c17-11-5-9(16(19,20)21)6-26-13(11)23-25-15(26)29-7-12(27)22-24-14(28)8-1-3-10(18)4-2-8/h1-6H,7H2,(H,22,27)(H,24,28). The number of rotatable bonds is 4. The lowest BCUT2D eigenvalue weighted by atomic mass is 10.2. The smallest absolute Gasteiger partial charge is 0.276 e. The van der Waals surface area contributed by atoms with Gasteiger partial charge in [-0.2, -0.15) is 13.2 Å². The van der Waals surface area contributed by atoms with Gasteiger partial charge in [-0.1, -0.05) is 23.4 Å². The number of hydrazine groups is 1. The van der Waals surface area contributed by atoms with E-state index in [-0.39, 0.29) is 27.1 Å². The number of hydrogen-bond donors (Lipinski definition) is 2. The summed E-state index contributed by atoms with van der Waals surface area (Å²) in [5.74, 6) is -2.12. The second kappa shape index (κ2) is 8.25. The highest BCUT2D eigenvalue weighted by atomic mass is 35.5. The Kier molecular flexibility index (Phi) is 5.94. The van der Waals surface area contributed by atoms with Gasteiger partial charge in [0.1, 0.15) is 5.82 Å². The Morgan fingerprint density at radius 3 is 2.48 bits per heavy atom. The number of pyridine rings is 1. The normalized spacial score (nSPS) is 11.5. The van der Waals surface area contributed by atoms with Crippen molar-refractivity contribution in [3.05, 3.63) is 58.5 Å². The summed E-state index contributed by atoms with van der Waals surface area (Å²) in [4.78, 5) is 23.7. The first-order chi connectivity index (χ1) is 13.6. The molecule has 0 aliphatic carbocycles. The summed E-state index contributed by atoms with van der Waals surface area (Å²) in [6, 6.07) is 5.37. The molecule has 0 radical (unpaired) electrons. The molecule has 0 atom stereocenters. The van der Waals surface area contributed by atoms with Crippen molar-refractivity contribution < 1.29 is 27.2 Å². The van der Waals surface area contributed by atoms with Crippen molar-refractivity contribution in [2.45, 2.75) is 11.3 Å². The highest BCUT2D eigenvalue weighted by Crippen LogP contribution is 2.33. The number of amides is 2. The van der Waals surface area contributed by atoms with Crippen molar-refractivity contribution in [2.24, 2.45) is 0 Å². The summed E-state index contributed by atoms with van der Waals surface area (Å²) in [5.41, 5.74) is 3.41. The van der Waals surface area contributed by atoms with Crippen LogP contribution in [-0.2, 0) is 11.0 Å². The Labute approximate surface area is 169 Å². The Morgan fingerprint density at radius 1 is 1.14 bits per heavy atom. The van der Waals surface area contributed by atoms with Gasteiger partial charge < -0.3 is 0 Å². The molecule has 13 heteroatoms. The molecule has 0 bridgehead atoms. The molecular weight excluding hydrogens is 438 g/mol. The third-order valence-electron chi connectivity index (χ3n) is 3.51. The molecule has 0 saturated heterocycles. The maximum Gasteiger partial charge on any atom is 0.417 e. The zero-order valence-corrected chi connectivity index (χ0v) is 15.7. The largest absolute Gasteiger partial charge is 0.417 e. The van der Waals surface area contributed by atoms with E-state index in [9.17, 15) is 27.2 Å². The van der Waals surface area contributed by atoms with Crippen LogP contribution in [0.3, 0.4) is 0 Å². The number of aromatic nitrogens is 3. The Balaban J connectivity index is 1.63. The highest BCUT2D eigenvalue weighted by molar-refractivity contribution is 7.99. The maximum absolute atomic E-state index is 12.9. The third-order valence-corrected chi connectivity index (χ3v) is 4.73. The molecule has 2 amide bonds. The molecule has 0 aliphatic rings. The number of fused-ring (bicyclic) bond motifs is 1. The minimum Gasteiger partial charge on any atom is -0.276 e. The topological polar surface area (TPSA) is 88.4 Å². The molecule has 0 unspecified atom stereocenters. The Morgan fingerprint density at radius 2 is 1.83 bits per heavy atom. The molecule has 3 rings (SSSR count). The van der Waals surface area contributed by atoms with Crippen LogP contribution in [0.1, 0.15) is 15.9 Å². The van der Waals surface area contributed by atoms with Crippen LogP contribution in [0, 0.1) is 5.82 Å². The van der Waals surface area contributed by atoms with Crippen LogP contribution in [0.4, 0.5) is 17.6 Å². The lowest BCUT2D eigenvalue weighted by Gasteiger charge is -2.09. The summed E-state index contributed by atoms with van der Waals surface area (Å²) < 4.78 is 52.7. The number of nitrogens with one attached hydrogen (secondary N) is 2. The first kappa shape index (κ1) is 20.9. The van der Waals surface area contributed by atoms with Crippen LogP contribution in [-0.4, -0.2) is 32.2 Å². The van der Waals surface area contributed by atoms with Crippen molar-refractivity contribution in [1.29, 1.82) is 0 Å². The molecule has 2 aromatic heterocycles. The van der Waals surface area contributed by atoms with E-state index in [1.54, 1.807) is 0 Å². The molecule has 0 spiro atoms. The predicted molar refractivity (Wildman–Crippen MR) is 95.7 cm³/mol. The first-order valence-electron chi connectivity index (χ1n) is 7.74. The maximum atomic E-state index is 12.9. The lowest BCUT2D eigenvalue weighted by molar-refractivity contribution is -0.137. The van der Waals surface area contributed by atoms with E-state index < -0.39 is 29.4 Å². The van der Waals surface area contributed by atoms with Crippen LogP contribution in [0.15, 0.2) is 41.7 Å². The van der Waals surface area contributed by atoms with E-state index in [1.165, 1.54) is 12.1 Å². The summed E-state index contributed by atoms with van der Waals surface area (Å²) in [7, 11) is 0. The van der Waals surface area contributed by atoms with Gasteiger partial charge in [-0.05, 0) is 30.3 Å². The number of halogens is 5. The van der Waals surface area contributed by atoms with E-state index in [4.69, 9.17) is 11.6 Å². The number of carbonyl (C=O) groups is 2. The van der Waals surface area contributed by atoms with Gasteiger partial charge in [-0.15, -0.1) is 10.2 Å². The monoisotopic (exact) mass is 447 g/mol. The average molecular weight is 448 g/mol. The minimum absolute atomic E-state index is 0.00666. The van der Waals surface area contributed by atoms with Gasteiger partial charge in [0.15, 0.2) is 10.8 Å². The SMILES string of the molecule is O=C(CSc1nnc2c(Cl)cc(C(F)(F)F)cn12)NNC(=O)c1ccc(F)cc1. The van der Waals surface area contributed by atoms with E-state index >= 15 is 0 Å². The fraction of sp³-hybridized carbons (Fsp3) is 0.125. The number of hydrogen-bond acceptors (Lipinski definition) is 5. The second-order valence-corrected chi connectivity index (χ2v) is 6.90. The first-order valence-corrected chi connectivity index (χ1v) is 9.10. The lowest BCUT2D eigenvalue weighted by Crippen LogP contribution is -2.42. The van der Waals surface area contributed by atoms with Gasteiger partial charge in [0.2, 0.25) is 5.91 Å². The Bertz CT molecular complexity index is 1070. The minimum atomic E-state index is -4.62. The summed E-state index contributed by atoms with van der Waals surface area (Å²) >= 11 is 6.61. The number of thioether (sulfide) groups is 1. The molecule has 29 heavy (non-hydrogen) atoms.